The highest BCUT2D eigenvalue weighted by Gasteiger charge is 2.11. The number of carbonyl (C=O) groups excluding carboxylic acids is 1. The van der Waals surface area contributed by atoms with E-state index in [1.165, 1.54) is 6.92 Å². The molecule has 1 aromatic carbocycles. The maximum atomic E-state index is 10.8. The monoisotopic (exact) mass is 232 g/mol. The molecule has 1 unspecified atom stereocenters. The van der Waals surface area contributed by atoms with Crippen LogP contribution in [0.5, 0.6) is 0 Å². The summed E-state index contributed by atoms with van der Waals surface area (Å²) in [5, 5.41) is 10.5. The predicted octanol–water partition coefficient (Wildman–Crippen LogP) is 3.01. The first-order valence-electron chi connectivity index (χ1n) is 4.12. The SMILES string of the molecule is CC(=O)CC(O)c1cc(Cl)cc(Cl)c1. The highest BCUT2D eigenvalue weighted by molar-refractivity contribution is 6.34. The molecule has 1 aromatic rings. The Morgan fingerprint density at radius 3 is 2.29 bits per heavy atom. The van der Waals surface area contributed by atoms with Gasteiger partial charge >= 0.3 is 0 Å². The van der Waals surface area contributed by atoms with Crippen LogP contribution in [-0.4, -0.2) is 10.9 Å². The van der Waals surface area contributed by atoms with Crippen LogP contribution in [0.1, 0.15) is 25.0 Å². The van der Waals surface area contributed by atoms with Crippen molar-refractivity contribution in [2.24, 2.45) is 0 Å². The van der Waals surface area contributed by atoms with E-state index in [-0.39, 0.29) is 12.2 Å². The van der Waals surface area contributed by atoms with Crippen LogP contribution in [0.3, 0.4) is 0 Å². The van der Waals surface area contributed by atoms with E-state index in [9.17, 15) is 9.90 Å². The largest absolute Gasteiger partial charge is 0.388 e. The third-order valence-electron chi connectivity index (χ3n) is 1.75. The molecule has 0 saturated heterocycles. The summed E-state index contributed by atoms with van der Waals surface area (Å²) in [7, 11) is 0. The second-order valence-electron chi connectivity index (χ2n) is 3.12. The van der Waals surface area contributed by atoms with Gasteiger partial charge in [-0.2, -0.15) is 0 Å². The molecule has 1 N–H and O–H groups in total. The lowest BCUT2D eigenvalue weighted by Gasteiger charge is -2.09. The lowest BCUT2D eigenvalue weighted by atomic mass is 10.1. The van der Waals surface area contributed by atoms with Crippen molar-refractivity contribution in [2.75, 3.05) is 0 Å². The maximum absolute atomic E-state index is 10.8. The third-order valence-corrected chi connectivity index (χ3v) is 2.19. The number of rotatable bonds is 3. The molecular weight excluding hydrogens is 223 g/mol. The molecule has 0 amide bonds. The normalized spacial score (nSPS) is 12.6. The van der Waals surface area contributed by atoms with Gasteiger partial charge in [-0.1, -0.05) is 23.2 Å². The Hall–Kier alpha value is -0.570. The van der Waals surface area contributed by atoms with Crippen molar-refractivity contribution in [3.8, 4) is 0 Å². The molecule has 0 bridgehead atoms. The van der Waals surface area contributed by atoms with Crippen LogP contribution in [0.2, 0.25) is 10.0 Å². The lowest BCUT2D eigenvalue weighted by Crippen LogP contribution is -2.03. The molecule has 0 aromatic heterocycles. The lowest BCUT2D eigenvalue weighted by molar-refractivity contribution is -0.118. The molecule has 2 nitrogen and oxygen atoms in total. The second-order valence-corrected chi connectivity index (χ2v) is 4.00. The van der Waals surface area contributed by atoms with Gasteiger partial charge in [0.1, 0.15) is 5.78 Å². The number of aliphatic hydroxyl groups excluding tert-OH is 1. The van der Waals surface area contributed by atoms with Crippen molar-refractivity contribution in [1.29, 1.82) is 0 Å². The summed E-state index contributed by atoms with van der Waals surface area (Å²) in [6.45, 7) is 1.43. The Labute approximate surface area is 92.5 Å². The van der Waals surface area contributed by atoms with Gasteiger partial charge in [0, 0.05) is 16.5 Å². The molecule has 76 valence electrons. The fourth-order valence-corrected chi connectivity index (χ4v) is 1.70. The maximum Gasteiger partial charge on any atom is 0.132 e. The zero-order valence-corrected chi connectivity index (χ0v) is 9.14. The Morgan fingerprint density at radius 2 is 1.86 bits per heavy atom. The zero-order valence-electron chi connectivity index (χ0n) is 7.63. The summed E-state index contributed by atoms with van der Waals surface area (Å²) in [6.07, 6.45) is -0.750. The van der Waals surface area contributed by atoms with E-state index in [4.69, 9.17) is 23.2 Å². The van der Waals surface area contributed by atoms with Crippen LogP contribution in [0.15, 0.2) is 18.2 Å². The molecule has 0 radical (unpaired) electrons. The summed E-state index contributed by atoms with van der Waals surface area (Å²) >= 11 is 11.5. The third kappa shape index (κ3) is 3.29. The minimum absolute atomic E-state index is 0.0754. The number of aliphatic hydroxyl groups is 1. The fraction of sp³-hybridized carbons (Fsp3) is 0.300. The molecular formula is C10H10Cl2O2. The van der Waals surface area contributed by atoms with Gasteiger partial charge in [0.15, 0.2) is 0 Å². The minimum atomic E-state index is -0.830. The van der Waals surface area contributed by atoms with Gasteiger partial charge in [-0.3, -0.25) is 4.79 Å². The van der Waals surface area contributed by atoms with Crippen LogP contribution in [0.25, 0.3) is 0 Å². The van der Waals surface area contributed by atoms with Crippen molar-refractivity contribution in [3.63, 3.8) is 0 Å². The molecule has 0 fully saturated rings. The molecule has 4 heteroatoms. The summed E-state index contributed by atoms with van der Waals surface area (Å²) in [6, 6.07) is 4.77. The number of carbonyl (C=O) groups is 1. The van der Waals surface area contributed by atoms with E-state index < -0.39 is 6.10 Å². The van der Waals surface area contributed by atoms with Gasteiger partial charge in [0.05, 0.1) is 6.10 Å². The Morgan fingerprint density at radius 1 is 1.36 bits per heavy atom. The van der Waals surface area contributed by atoms with Gasteiger partial charge < -0.3 is 5.11 Å². The molecule has 0 heterocycles. The van der Waals surface area contributed by atoms with E-state index in [0.717, 1.165) is 0 Å². The van der Waals surface area contributed by atoms with Crippen LogP contribution in [0.4, 0.5) is 0 Å². The smallest absolute Gasteiger partial charge is 0.132 e. The number of ketones is 1. The highest BCUT2D eigenvalue weighted by atomic mass is 35.5. The first-order valence-corrected chi connectivity index (χ1v) is 4.88. The summed E-state index contributed by atoms with van der Waals surface area (Å²) in [4.78, 5) is 10.8. The Balaban J connectivity index is 2.89. The van der Waals surface area contributed by atoms with Crippen LogP contribution < -0.4 is 0 Å². The number of halogens is 2. The van der Waals surface area contributed by atoms with Crippen LogP contribution in [0, 0.1) is 0 Å². The van der Waals surface area contributed by atoms with Crippen molar-refractivity contribution < 1.29 is 9.90 Å². The molecule has 0 aliphatic heterocycles. The van der Waals surface area contributed by atoms with Crippen molar-refractivity contribution >= 4 is 29.0 Å². The molecule has 0 aliphatic rings. The van der Waals surface area contributed by atoms with Crippen LogP contribution >= 0.6 is 23.2 Å². The topological polar surface area (TPSA) is 37.3 Å². The molecule has 0 aliphatic carbocycles. The fourth-order valence-electron chi connectivity index (χ4n) is 1.16. The van der Waals surface area contributed by atoms with Crippen molar-refractivity contribution in [1.82, 2.24) is 0 Å². The number of benzene rings is 1. The van der Waals surface area contributed by atoms with Gasteiger partial charge in [-0.05, 0) is 30.7 Å². The summed E-state index contributed by atoms with van der Waals surface area (Å²) in [5.41, 5.74) is 0.567. The van der Waals surface area contributed by atoms with E-state index in [1.54, 1.807) is 18.2 Å². The number of hydrogen-bond acceptors (Lipinski definition) is 2. The highest BCUT2D eigenvalue weighted by Crippen LogP contribution is 2.25. The molecule has 1 rings (SSSR count). The Kier molecular flexibility index (Phi) is 3.93. The molecule has 0 saturated carbocycles. The van der Waals surface area contributed by atoms with E-state index in [1.807, 2.05) is 0 Å². The van der Waals surface area contributed by atoms with E-state index in [0.29, 0.717) is 15.6 Å². The Bertz CT molecular complexity index is 330. The molecule has 1 atom stereocenters. The average molecular weight is 233 g/mol. The van der Waals surface area contributed by atoms with Crippen molar-refractivity contribution in [2.45, 2.75) is 19.4 Å². The minimum Gasteiger partial charge on any atom is -0.388 e. The second kappa shape index (κ2) is 4.78. The van der Waals surface area contributed by atoms with E-state index in [2.05, 4.69) is 0 Å². The predicted molar refractivity (Wildman–Crippen MR) is 56.7 cm³/mol. The molecule has 0 spiro atoms. The standard InChI is InChI=1S/C10H10Cl2O2/c1-6(13)2-10(14)7-3-8(11)5-9(12)4-7/h3-5,10,14H,2H2,1H3. The van der Waals surface area contributed by atoms with Gasteiger partial charge in [0.2, 0.25) is 0 Å². The quantitative estimate of drug-likeness (QED) is 0.871. The van der Waals surface area contributed by atoms with Gasteiger partial charge in [-0.25, -0.2) is 0 Å². The number of hydrogen-bond donors (Lipinski definition) is 1. The first kappa shape index (κ1) is 11.5. The van der Waals surface area contributed by atoms with Crippen LogP contribution in [-0.2, 0) is 4.79 Å². The zero-order chi connectivity index (χ0) is 10.7. The van der Waals surface area contributed by atoms with Gasteiger partial charge in [-0.15, -0.1) is 0 Å². The average Bonchev–Trinajstić information content (AvgIpc) is 2.00. The van der Waals surface area contributed by atoms with E-state index >= 15 is 0 Å². The summed E-state index contributed by atoms with van der Waals surface area (Å²) < 4.78 is 0. The first-order chi connectivity index (χ1) is 6.49. The van der Waals surface area contributed by atoms with Crippen molar-refractivity contribution in [3.05, 3.63) is 33.8 Å². The number of Topliss-reactive ketones (excluding diaryl/α,β-unsaturated/α-hetero) is 1. The summed E-state index contributed by atoms with van der Waals surface area (Å²) in [5.74, 6) is -0.0754. The molecule has 14 heavy (non-hydrogen) atoms. The van der Waals surface area contributed by atoms with Gasteiger partial charge in [0.25, 0.3) is 0 Å².